The number of benzene rings is 5. The van der Waals surface area contributed by atoms with Crippen molar-refractivity contribution in [2.75, 3.05) is 45.9 Å². The summed E-state index contributed by atoms with van der Waals surface area (Å²) < 4.78 is 12.0. The molecule has 2 aliphatic heterocycles. The van der Waals surface area contributed by atoms with Crippen LogP contribution < -0.4 is 20.9 Å². The van der Waals surface area contributed by atoms with E-state index in [1.807, 2.05) is 66.7 Å². The average Bonchev–Trinajstić information content (AvgIpc) is 3.34. The Kier molecular flexibility index (Phi) is 15.2. The first-order chi connectivity index (χ1) is 32.2. The Morgan fingerprint density at radius 2 is 1.47 bits per heavy atom. The van der Waals surface area contributed by atoms with E-state index in [-0.39, 0.29) is 53.8 Å². The Morgan fingerprint density at radius 1 is 0.758 bits per heavy atom. The number of aromatic hydroxyl groups is 1. The molecule has 5 N–H and O–H groups in total. The van der Waals surface area contributed by atoms with Crippen LogP contribution in [0.25, 0.3) is 10.9 Å². The molecule has 0 bridgehead atoms. The summed E-state index contributed by atoms with van der Waals surface area (Å²) in [6.45, 7) is 4.73. The number of rotatable bonds is 17. The number of phenolic OH excluding ortho intramolecular Hbond substituents is 1. The van der Waals surface area contributed by atoms with Gasteiger partial charge in [0, 0.05) is 55.8 Å². The summed E-state index contributed by atoms with van der Waals surface area (Å²) in [4.78, 5) is 58.8. The lowest BCUT2D eigenvalue weighted by Crippen LogP contribution is -2.47. The van der Waals surface area contributed by atoms with Crippen LogP contribution in [0.15, 0.2) is 138 Å². The van der Waals surface area contributed by atoms with Gasteiger partial charge in [-0.05, 0) is 109 Å². The molecule has 2 atom stereocenters. The first-order valence-electron chi connectivity index (χ1n) is 22.8. The first-order valence-corrected chi connectivity index (χ1v) is 22.8. The van der Waals surface area contributed by atoms with Crippen LogP contribution in [-0.4, -0.2) is 94.8 Å². The lowest BCUT2D eigenvalue weighted by Gasteiger charge is -2.32. The summed E-state index contributed by atoms with van der Waals surface area (Å²) in [5.74, 6) is -0.560. The lowest BCUT2D eigenvalue weighted by molar-refractivity contribution is -0.146. The second-order valence-electron chi connectivity index (χ2n) is 17.3. The highest BCUT2D eigenvalue weighted by molar-refractivity contribution is 5.94. The topological polar surface area (TPSA) is 174 Å². The minimum absolute atomic E-state index is 0.0657. The number of likely N-dealkylation sites (tertiary alicyclic amines) is 2. The summed E-state index contributed by atoms with van der Waals surface area (Å²) >= 11 is 0. The van der Waals surface area contributed by atoms with E-state index >= 15 is 0 Å². The molecule has 342 valence electrons. The minimum atomic E-state index is -0.886. The summed E-state index contributed by atoms with van der Waals surface area (Å²) in [7, 11) is 0. The van der Waals surface area contributed by atoms with Gasteiger partial charge >= 0.3 is 5.97 Å². The van der Waals surface area contributed by atoms with Crippen molar-refractivity contribution in [1.82, 2.24) is 25.4 Å². The van der Waals surface area contributed by atoms with Crippen molar-refractivity contribution in [1.29, 1.82) is 0 Å². The minimum Gasteiger partial charge on any atom is -0.506 e. The first kappa shape index (κ1) is 45.8. The maximum atomic E-state index is 13.8. The molecule has 2 aliphatic rings. The van der Waals surface area contributed by atoms with Crippen LogP contribution in [0.3, 0.4) is 0 Å². The molecule has 0 saturated carbocycles. The van der Waals surface area contributed by atoms with E-state index in [1.54, 1.807) is 35.2 Å². The number of ether oxygens (including phenoxy) is 2. The highest BCUT2D eigenvalue weighted by Gasteiger charge is 2.28. The van der Waals surface area contributed by atoms with Gasteiger partial charge in [-0.15, -0.1) is 0 Å². The van der Waals surface area contributed by atoms with Crippen LogP contribution in [0.1, 0.15) is 75.9 Å². The molecule has 2 amide bonds. The highest BCUT2D eigenvalue weighted by atomic mass is 16.5. The standard InChI is InChI=1S/C53H57N5O8/c59-46-20-18-44(45-19-21-48(61)56-51(45)46)47(60)32-54-31-36-14-16-40(17-15-36)52(63)55-42-24-28-58(29-25-42)49(62)35-65-43-13-7-12-41(30-43)50(39-10-5-2-6-11-39)53(64)66-34-38-22-26-57(27-23-38)33-37-8-3-1-4-9-37/h1-21,30,38,42,47,50,54,59-60H,22-29,31-35H2,(H,55,63)(H,56,61). The number of pyridine rings is 1. The summed E-state index contributed by atoms with van der Waals surface area (Å²) in [5.41, 5.74) is 4.83. The smallest absolute Gasteiger partial charge is 0.317 e. The zero-order valence-electron chi connectivity index (χ0n) is 36.9. The van der Waals surface area contributed by atoms with Gasteiger partial charge in [0.25, 0.3) is 11.8 Å². The molecule has 5 aromatic carbocycles. The van der Waals surface area contributed by atoms with Crippen molar-refractivity contribution in [3.05, 3.63) is 177 Å². The molecule has 66 heavy (non-hydrogen) atoms. The molecule has 8 rings (SSSR count). The van der Waals surface area contributed by atoms with E-state index in [0.717, 1.165) is 49.2 Å². The molecule has 2 saturated heterocycles. The monoisotopic (exact) mass is 891 g/mol. The fraction of sp³-hybridized carbons (Fsp3) is 0.321. The number of hydrogen-bond donors (Lipinski definition) is 5. The van der Waals surface area contributed by atoms with Crippen molar-refractivity contribution in [3.8, 4) is 11.5 Å². The number of hydrogen-bond acceptors (Lipinski definition) is 10. The molecule has 6 aromatic rings. The molecule has 1 aromatic heterocycles. The quantitative estimate of drug-likeness (QED) is 0.0642. The maximum Gasteiger partial charge on any atom is 0.317 e. The zero-order valence-corrected chi connectivity index (χ0v) is 36.9. The predicted octanol–water partition coefficient (Wildman–Crippen LogP) is 6.44. The fourth-order valence-electron chi connectivity index (χ4n) is 8.90. The normalized spacial score (nSPS) is 15.8. The van der Waals surface area contributed by atoms with Gasteiger partial charge in [0.2, 0.25) is 5.56 Å². The van der Waals surface area contributed by atoms with Crippen LogP contribution in [-0.2, 0) is 27.4 Å². The number of aromatic nitrogens is 1. The van der Waals surface area contributed by atoms with Gasteiger partial charge in [0.05, 0.1) is 18.2 Å². The molecule has 13 heteroatoms. The van der Waals surface area contributed by atoms with Gasteiger partial charge in [-0.1, -0.05) is 91.0 Å². The Hall–Kier alpha value is -6.80. The number of carbonyl (C=O) groups excluding carboxylic acids is 3. The number of aliphatic hydroxyl groups excluding tert-OH is 1. The number of phenols is 1. The van der Waals surface area contributed by atoms with Crippen molar-refractivity contribution in [2.24, 2.45) is 5.92 Å². The number of piperidine rings is 2. The number of aromatic amines is 1. The summed E-state index contributed by atoms with van der Waals surface area (Å²) in [6.07, 6.45) is 2.27. The lowest BCUT2D eigenvalue weighted by atomic mass is 9.91. The van der Waals surface area contributed by atoms with Gasteiger partial charge in [-0.3, -0.25) is 24.1 Å². The zero-order chi connectivity index (χ0) is 45.8. The van der Waals surface area contributed by atoms with Crippen LogP contribution in [0.2, 0.25) is 0 Å². The Labute approximate surface area is 384 Å². The van der Waals surface area contributed by atoms with Crippen LogP contribution in [0, 0.1) is 5.92 Å². The third-order valence-corrected chi connectivity index (χ3v) is 12.7. The number of amides is 2. The molecule has 2 unspecified atom stereocenters. The fourth-order valence-corrected chi connectivity index (χ4v) is 8.90. The number of carbonyl (C=O) groups is 3. The number of esters is 1. The van der Waals surface area contributed by atoms with E-state index in [1.165, 1.54) is 17.7 Å². The van der Waals surface area contributed by atoms with E-state index < -0.39 is 12.0 Å². The second kappa shape index (κ2) is 21.9. The Balaban J connectivity index is 0.766. The third-order valence-electron chi connectivity index (χ3n) is 12.7. The van der Waals surface area contributed by atoms with Crippen molar-refractivity contribution >= 4 is 28.7 Å². The number of H-pyrrole nitrogens is 1. The van der Waals surface area contributed by atoms with Crippen LogP contribution in [0.5, 0.6) is 11.5 Å². The number of fused-ring (bicyclic) bond motifs is 1. The highest BCUT2D eigenvalue weighted by Crippen LogP contribution is 2.31. The molecule has 13 nitrogen and oxygen atoms in total. The molecule has 0 spiro atoms. The number of aliphatic hydroxyl groups is 1. The summed E-state index contributed by atoms with van der Waals surface area (Å²) in [5, 5.41) is 27.9. The SMILES string of the molecule is O=C(NC1CCN(C(=O)COc2cccc(C(C(=O)OCC3CCN(Cc4ccccc4)CC3)c3ccccc3)c2)CC1)c1ccc(CNCC(O)c2ccc(O)c3[nH]c(=O)ccc23)cc1. The maximum absolute atomic E-state index is 13.8. The Morgan fingerprint density at radius 3 is 2.21 bits per heavy atom. The third kappa shape index (κ3) is 11.9. The molecular weight excluding hydrogens is 835 g/mol. The average molecular weight is 892 g/mol. The van der Waals surface area contributed by atoms with Crippen molar-refractivity contribution in [2.45, 2.75) is 56.8 Å². The van der Waals surface area contributed by atoms with E-state index in [4.69, 9.17) is 9.47 Å². The molecule has 2 fully saturated rings. The van der Waals surface area contributed by atoms with Gasteiger partial charge in [-0.2, -0.15) is 0 Å². The molecular formula is C53H57N5O8. The van der Waals surface area contributed by atoms with Gasteiger partial charge in [-0.25, -0.2) is 0 Å². The van der Waals surface area contributed by atoms with E-state index in [0.29, 0.717) is 67.3 Å². The summed E-state index contributed by atoms with van der Waals surface area (Å²) in [6, 6.07) is 40.6. The molecule has 3 heterocycles. The number of nitrogens with one attached hydrogen (secondary N) is 3. The van der Waals surface area contributed by atoms with E-state index in [2.05, 4.69) is 44.8 Å². The van der Waals surface area contributed by atoms with Crippen molar-refractivity contribution < 1.29 is 34.1 Å². The second-order valence-corrected chi connectivity index (χ2v) is 17.3. The van der Waals surface area contributed by atoms with Crippen molar-refractivity contribution in [3.63, 3.8) is 0 Å². The van der Waals surface area contributed by atoms with Gasteiger partial charge < -0.3 is 40.2 Å². The van der Waals surface area contributed by atoms with E-state index in [9.17, 15) is 29.4 Å². The Bertz CT molecular complexity index is 2630. The van der Waals surface area contributed by atoms with Crippen LogP contribution in [0.4, 0.5) is 0 Å². The van der Waals surface area contributed by atoms with Gasteiger partial charge in [0.1, 0.15) is 17.4 Å². The molecule has 0 aliphatic carbocycles. The number of nitrogens with zero attached hydrogens (tertiary/aromatic N) is 2. The molecule has 0 radical (unpaired) electrons. The predicted molar refractivity (Wildman–Crippen MR) is 252 cm³/mol. The van der Waals surface area contributed by atoms with Crippen LogP contribution >= 0.6 is 0 Å². The largest absolute Gasteiger partial charge is 0.506 e. The van der Waals surface area contributed by atoms with Gasteiger partial charge in [0.15, 0.2) is 6.61 Å².